The summed E-state index contributed by atoms with van der Waals surface area (Å²) in [5.74, 6) is 0. The van der Waals surface area contributed by atoms with Gasteiger partial charge in [0.05, 0.1) is 9.68 Å². The maximum absolute atomic E-state index is 3.47. The zero-order chi connectivity index (χ0) is 9.36. The highest BCUT2D eigenvalue weighted by Gasteiger charge is 1.91. The third-order valence-electron chi connectivity index (χ3n) is 2.16. The van der Waals surface area contributed by atoms with Gasteiger partial charge in [0.25, 0.3) is 0 Å². The zero-order valence-electron chi connectivity index (χ0n) is 8.42. The average Bonchev–Trinajstić information content (AvgIpc) is 2.19. The van der Waals surface area contributed by atoms with Crippen molar-refractivity contribution in [3.8, 4) is 0 Å². The van der Waals surface area contributed by atoms with Crippen molar-refractivity contribution in [2.24, 2.45) is 0 Å². The van der Waals surface area contributed by atoms with Gasteiger partial charge in [-0.05, 0) is 24.6 Å². The number of aryl methyl sites for hydroxylation is 1. The monoisotopic (exact) mass is 193 g/mol. The SMILES string of the molecule is CCN[SiH2]CCCc1ccccc1. The molecule has 1 aromatic rings. The summed E-state index contributed by atoms with van der Waals surface area (Å²) < 4.78 is 0. The first-order valence-electron chi connectivity index (χ1n) is 5.18. The lowest BCUT2D eigenvalue weighted by Gasteiger charge is -2.01. The summed E-state index contributed by atoms with van der Waals surface area (Å²) in [6.45, 7) is 3.34. The first-order chi connectivity index (χ1) is 6.43. The molecular formula is C11H19NSi. The van der Waals surface area contributed by atoms with Crippen LogP contribution < -0.4 is 4.98 Å². The number of hydrogen-bond acceptors (Lipinski definition) is 1. The fraction of sp³-hybridized carbons (Fsp3) is 0.455. The van der Waals surface area contributed by atoms with E-state index in [2.05, 4.69) is 42.2 Å². The molecule has 0 saturated heterocycles. The normalized spacial score (nSPS) is 11.2. The van der Waals surface area contributed by atoms with Crippen molar-refractivity contribution in [2.75, 3.05) is 6.54 Å². The van der Waals surface area contributed by atoms with Crippen LogP contribution in [0.2, 0.25) is 6.04 Å². The van der Waals surface area contributed by atoms with Crippen molar-refractivity contribution in [3.63, 3.8) is 0 Å². The summed E-state index contributed by atoms with van der Waals surface area (Å²) >= 11 is 0. The Morgan fingerprint density at radius 1 is 1.23 bits per heavy atom. The Kier molecular flexibility index (Phi) is 5.53. The van der Waals surface area contributed by atoms with E-state index in [9.17, 15) is 0 Å². The molecule has 1 nitrogen and oxygen atoms in total. The standard InChI is InChI=1S/C11H19NSi/c1-2-12-13-10-6-9-11-7-4-3-5-8-11/h3-5,7-8,12H,2,6,9-10,13H2,1H3. The lowest BCUT2D eigenvalue weighted by Crippen LogP contribution is -2.17. The second kappa shape index (κ2) is 6.86. The molecule has 0 aliphatic heterocycles. The van der Waals surface area contributed by atoms with Gasteiger partial charge in [0.1, 0.15) is 0 Å². The molecule has 1 rings (SSSR count). The van der Waals surface area contributed by atoms with Crippen LogP contribution in [0, 0.1) is 0 Å². The molecule has 0 aliphatic carbocycles. The fourth-order valence-electron chi connectivity index (χ4n) is 1.40. The molecule has 0 atom stereocenters. The van der Waals surface area contributed by atoms with Crippen LogP contribution in [-0.2, 0) is 6.42 Å². The van der Waals surface area contributed by atoms with E-state index >= 15 is 0 Å². The minimum absolute atomic E-state index is 0.0454. The van der Waals surface area contributed by atoms with E-state index in [0.717, 1.165) is 6.54 Å². The fourth-order valence-corrected chi connectivity index (χ4v) is 2.50. The maximum Gasteiger partial charge on any atom is 0.0916 e. The Balaban J connectivity index is 2.07. The Bertz CT molecular complexity index is 211. The Morgan fingerprint density at radius 3 is 2.69 bits per heavy atom. The predicted molar refractivity (Wildman–Crippen MR) is 61.8 cm³/mol. The van der Waals surface area contributed by atoms with Crippen LogP contribution >= 0.6 is 0 Å². The van der Waals surface area contributed by atoms with Crippen molar-refractivity contribution in [2.45, 2.75) is 25.8 Å². The number of rotatable bonds is 6. The number of nitrogens with one attached hydrogen (secondary N) is 1. The van der Waals surface area contributed by atoms with Gasteiger partial charge in [-0.1, -0.05) is 43.7 Å². The average molecular weight is 193 g/mol. The summed E-state index contributed by atoms with van der Waals surface area (Å²) in [4.78, 5) is 3.47. The molecule has 0 radical (unpaired) electrons. The second-order valence-electron chi connectivity index (χ2n) is 3.30. The van der Waals surface area contributed by atoms with Gasteiger partial charge in [0, 0.05) is 0 Å². The Morgan fingerprint density at radius 2 is 2.00 bits per heavy atom. The third kappa shape index (κ3) is 4.86. The van der Waals surface area contributed by atoms with E-state index in [0.29, 0.717) is 0 Å². The molecule has 0 spiro atoms. The summed E-state index contributed by atoms with van der Waals surface area (Å²) in [5.41, 5.74) is 1.48. The summed E-state index contributed by atoms with van der Waals surface area (Å²) in [6.07, 6.45) is 2.60. The molecule has 0 unspecified atom stereocenters. The molecule has 0 fully saturated rings. The summed E-state index contributed by atoms with van der Waals surface area (Å²) in [7, 11) is 0.0454. The van der Waals surface area contributed by atoms with Crippen molar-refractivity contribution >= 4 is 9.68 Å². The lowest BCUT2D eigenvalue weighted by molar-refractivity contribution is 0.893. The first kappa shape index (κ1) is 10.5. The predicted octanol–water partition coefficient (Wildman–Crippen LogP) is 1.73. The minimum atomic E-state index is 0.0454. The van der Waals surface area contributed by atoms with Crippen molar-refractivity contribution in [1.29, 1.82) is 0 Å². The van der Waals surface area contributed by atoms with Crippen molar-refractivity contribution in [1.82, 2.24) is 4.98 Å². The van der Waals surface area contributed by atoms with E-state index in [-0.39, 0.29) is 9.68 Å². The van der Waals surface area contributed by atoms with Crippen LogP contribution in [0.1, 0.15) is 18.9 Å². The van der Waals surface area contributed by atoms with Crippen LogP contribution in [0.4, 0.5) is 0 Å². The van der Waals surface area contributed by atoms with Crippen LogP contribution in [0.25, 0.3) is 0 Å². The highest BCUT2D eigenvalue weighted by molar-refractivity contribution is 6.31. The summed E-state index contributed by atoms with van der Waals surface area (Å²) in [6, 6.07) is 12.2. The van der Waals surface area contributed by atoms with Gasteiger partial charge in [-0.25, -0.2) is 0 Å². The molecule has 0 bridgehead atoms. The zero-order valence-corrected chi connectivity index (χ0v) is 9.84. The van der Waals surface area contributed by atoms with Gasteiger partial charge < -0.3 is 4.98 Å². The second-order valence-corrected chi connectivity index (χ2v) is 5.00. The number of hydrogen-bond donors (Lipinski definition) is 1. The largest absolute Gasteiger partial charge is 0.342 e. The van der Waals surface area contributed by atoms with Gasteiger partial charge in [0.15, 0.2) is 0 Å². The van der Waals surface area contributed by atoms with E-state index in [1.54, 1.807) is 0 Å². The van der Waals surface area contributed by atoms with Crippen molar-refractivity contribution in [3.05, 3.63) is 35.9 Å². The molecule has 1 N–H and O–H groups in total. The summed E-state index contributed by atoms with van der Waals surface area (Å²) in [5, 5.41) is 0. The van der Waals surface area contributed by atoms with Gasteiger partial charge in [-0.3, -0.25) is 0 Å². The van der Waals surface area contributed by atoms with E-state index in [1.165, 1.54) is 24.4 Å². The smallest absolute Gasteiger partial charge is 0.0916 e. The van der Waals surface area contributed by atoms with Crippen LogP contribution in [-0.4, -0.2) is 16.2 Å². The molecular weight excluding hydrogens is 174 g/mol. The molecule has 0 heterocycles. The van der Waals surface area contributed by atoms with E-state index < -0.39 is 0 Å². The molecule has 1 aromatic carbocycles. The van der Waals surface area contributed by atoms with E-state index in [4.69, 9.17) is 0 Å². The van der Waals surface area contributed by atoms with Gasteiger partial charge in [0.2, 0.25) is 0 Å². The van der Waals surface area contributed by atoms with Crippen LogP contribution in [0.15, 0.2) is 30.3 Å². The topological polar surface area (TPSA) is 12.0 Å². The third-order valence-corrected chi connectivity index (χ3v) is 3.87. The number of benzene rings is 1. The molecule has 72 valence electrons. The van der Waals surface area contributed by atoms with E-state index in [1.807, 2.05) is 0 Å². The maximum atomic E-state index is 3.47. The molecule has 13 heavy (non-hydrogen) atoms. The highest BCUT2D eigenvalue weighted by Crippen LogP contribution is 2.03. The quantitative estimate of drug-likeness (QED) is 0.536. The van der Waals surface area contributed by atoms with Gasteiger partial charge in [-0.15, -0.1) is 0 Å². The molecule has 0 aliphatic rings. The minimum Gasteiger partial charge on any atom is -0.342 e. The molecule has 2 heteroatoms. The van der Waals surface area contributed by atoms with Crippen molar-refractivity contribution < 1.29 is 0 Å². The molecule has 0 amide bonds. The van der Waals surface area contributed by atoms with Crippen LogP contribution in [0.3, 0.4) is 0 Å². The van der Waals surface area contributed by atoms with Gasteiger partial charge in [-0.2, -0.15) is 0 Å². The molecule has 0 saturated carbocycles. The Labute approximate surface area is 83.5 Å². The Hall–Kier alpha value is -0.603. The first-order valence-corrected chi connectivity index (χ1v) is 6.89. The lowest BCUT2D eigenvalue weighted by atomic mass is 10.1. The van der Waals surface area contributed by atoms with Gasteiger partial charge >= 0.3 is 0 Å². The van der Waals surface area contributed by atoms with Crippen LogP contribution in [0.5, 0.6) is 0 Å². The highest BCUT2D eigenvalue weighted by atomic mass is 28.2. The molecule has 0 aromatic heterocycles.